The van der Waals surface area contributed by atoms with Crippen LogP contribution in [0.5, 0.6) is 0 Å². The van der Waals surface area contributed by atoms with Crippen LogP contribution in [0.2, 0.25) is 0 Å². The maximum Gasteiger partial charge on any atom is 0.160 e. The first-order valence-corrected chi connectivity index (χ1v) is 12.4. The lowest BCUT2D eigenvalue weighted by Crippen LogP contribution is -2.50. The Morgan fingerprint density at radius 3 is 2.81 bits per heavy atom. The second-order valence-electron chi connectivity index (χ2n) is 9.63. The topological polar surface area (TPSA) is 83.8 Å². The standard InChI is InChI=1S/C28H30N8/c1-18-12-22(6-5-21(18)13-20-4-8-25-24(14-20)32-17-35(25)3)33-28-27-23(30-16-31-28)7-9-26(34-27)36-11-10-29-15-19(36)2/h4-9,12,14,16-17,19,29H,10-11,13,15H2,1-3H3,(H,30,31,33)/t19-/m0/s1. The van der Waals surface area contributed by atoms with Gasteiger partial charge in [0.25, 0.3) is 0 Å². The number of hydrogen-bond donors (Lipinski definition) is 2. The minimum absolute atomic E-state index is 0.387. The van der Waals surface area contributed by atoms with Gasteiger partial charge in [-0.3, -0.25) is 0 Å². The van der Waals surface area contributed by atoms with E-state index >= 15 is 0 Å². The molecular weight excluding hydrogens is 448 g/mol. The first kappa shape index (κ1) is 22.4. The summed E-state index contributed by atoms with van der Waals surface area (Å²) in [6.45, 7) is 7.22. The monoisotopic (exact) mass is 478 g/mol. The smallest absolute Gasteiger partial charge is 0.160 e. The zero-order valence-corrected chi connectivity index (χ0v) is 20.9. The summed E-state index contributed by atoms with van der Waals surface area (Å²) in [5, 5.41) is 6.93. The van der Waals surface area contributed by atoms with Gasteiger partial charge < -0.3 is 20.1 Å². The number of nitrogens with one attached hydrogen (secondary N) is 2. The Kier molecular flexibility index (Phi) is 5.73. The summed E-state index contributed by atoms with van der Waals surface area (Å²) in [5.41, 5.74) is 8.55. The number of piperazine rings is 1. The number of nitrogens with zero attached hydrogens (tertiary/aromatic N) is 6. The van der Waals surface area contributed by atoms with E-state index in [0.29, 0.717) is 6.04 Å². The van der Waals surface area contributed by atoms with Crippen molar-refractivity contribution in [3.8, 4) is 0 Å². The van der Waals surface area contributed by atoms with Crippen molar-refractivity contribution in [3.05, 3.63) is 77.9 Å². The third-order valence-corrected chi connectivity index (χ3v) is 7.05. The van der Waals surface area contributed by atoms with Gasteiger partial charge in [0, 0.05) is 38.4 Å². The summed E-state index contributed by atoms with van der Waals surface area (Å²) in [6, 6.07) is 17.5. The molecule has 0 unspecified atom stereocenters. The molecular formula is C28H30N8. The summed E-state index contributed by atoms with van der Waals surface area (Å²) in [4.78, 5) is 20.8. The van der Waals surface area contributed by atoms with Crippen molar-refractivity contribution in [2.45, 2.75) is 26.3 Å². The van der Waals surface area contributed by atoms with Crippen molar-refractivity contribution < 1.29 is 0 Å². The Labute approximate surface area is 210 Å². The molecule has 1 aliphatic rings. The minimum Gasteiger partial charge on any atom is -0.351 e. The fourth-order valence-electron chi connectivity index (χ4n) is 4.98. The molecule has 4 heterocycles. The summed E-state index contributed by atoms with van der Waals surface area (Å²) in [5.74, 6) is 1.68. The normalized spacial score (nSPS) is 16.1. The lowest BCUT2D eigenvalue weighted by atomic mass is 9.99. The van der Waals surface area contributed by atoms with Gasteiger partial charge in [-0.2, -0.15) is 0 Å². The van der Waals surface area contributed by atoms with Crippen molar-refractivity contribution in [2.75, 3.05) is 29.9 Å². The highest BCUT2D eigenvalue weighted by Crippen LogP contribution is 2.27. The third-order valence-electron chi connectivity index (χ3n) is 7.05. The highest BCUT2D eigenvalue weighted by molar-refractivity contribution is 5.88. The zero-order valence-electron chi connectivity index (χ0n) is 20.9. The van der Waals surface area contributed by atoms with E-state index in [1.807, 2.05) is 24.0 Å². The molecule has 0 spiro atoms. The molecule has 0 bridgehead atoms. The van der Waals surface area contributed by atoms with Crippen LogP contribution in [-0.4, -0.2) is 50.2 Å². The number of anilines is 3. The molecule has 1 aliphatic heterocycles. The highest BCUT2D eigenvalue weighted by atomic mass is 15.3. The molecule has 1 fully saturated rings. The third kappa shape index (κ3) is 4.24. The maximum atomic E-state index is 4.97. The molecule has 8 nitrogen and oxygen atoms in total. The molecule has 2 aromatic carbocycles. The first-order chi connectivity index (χ1) is 17.5. The highest BCUT2D eigenvalue weighted by Gasteiger charge is 2.20. The number of aryl methyl sites for hydroxylation is 2. The Hall–Kier alpha value is -4.04. The molecule has 0 radical (unpaired) electrons. The predicted octanol–water partition coefficient (Wildman–Crippen LogP) is 4.35. The van der Waals surface area contributed by atoms with Crippen LogP contribution in [0.25, 0.3) is 22.1 Å². The fraction of sp³-hybridized carbons (Fsp3) is 0.286. The van der Waals surface area contributed by atoms with E-state index in [-0.39, 0.29) is 0 Å². The average Bonchev–Trinajstić information content (AvgIpc) is 3.26. The molecule has 6 rings (SSSR count). The van der Waals surface area contributed by atoms with Crippen molar-refractivity contribution in [2.24, 2.45) is 7.05 Å². The van der Waals surface area contributed by atoms with Crippen molar-refractivity contribution in [3.63, 3.8) is 0 Å². The van der Waals surface area contributed by atoms with E-state index in [2.05, 4.69) is 86.8 Å². The van der Waals surface area contributed by atoms with Gasteiger partial charge in [0.1, 0.15) is 17.7 Å². The number of aromatic nitrogens is 5. The van der Waals surface area contributed by atoms with Gasteiger partial charge in [0.05, 0.1) is 22.9 Å². The SMILES string of the molecule is Cc1cc(Nc2ncnc3ccc(N4CCNC[C@@H]4C)nc23)ccc1Cc1ccc2c(c1)ncn2C. The first-order valence-electron chi connectivity index (χ1n) is 12.4. The molecule has 36 heavy (non-hydrogen) atoms. The second kappa shape index (κ2) is 9.20. The number of imidazole rings is 1. The van der Waals surface area contributed by atoms with Crippen LogP contribution in [0.15, 0.2) is 61.2 Å². The van der Waals surface area contributed by atoms with Crippen LogP contribution in [0, 0.1) is 6.92 Å². The van der Waals surface area contributed by atoms with Gasteiger partial charge in [-0.1, -0.05) is 12.1 Å². The van der Waals surface area contributed by atoms with Crippen LogP contribution in [-0.2, 0) is 13.5 Å². The summed E-state index contributed by atoms with van der Waals surface area (Å²) in [7, 11) is 2.02. The van der Waals surface area contributed by atoms with E-state index in [4.69, 9.17) is 4.98 Å². The van der Waals surface area contributed by atoms with Crippen LogP contribution in [0.3, 0.4) is 0 Å². The van der Waals surface area contributed by atoms with E-state index in [1.54, 1.807) is 6.33 Å². The van der Waals surface area contributed by atoms with E-state index in [1.165, 1.54) is 16.7 Å². The van der Waals surface area contributed by atoms with Gasteiger partial charge in [0.15, 0.2) is 5.82 Å². The summed E-state index contributed by atoms with van der Waals surface area (Å²) in [6.07, 6.45) is 4.32. The van der Waals surface area contributed by atoms with E-state index in [0.717, 1.165) is 65.4 Å². The summed E-state index contributed by atoms with van der Waals surface area (Å²) < 4.78 is 2.05. The molecule has 0 aliphatic carbocycles. The fourth-order valence-corrected chi connectivity index (χ4v) is 4.98. The number of rotatable bonds is 5. The van der Waals surface area contributed by atoms with Crippen LogP contribution < -0.4 is 15.5 Å². The average molecular weight is 479 g/mol. The van der Waals surface area contributed by atoms with Gasteiger partial charge in [-0.25, -0.2) is 19.9 Å². The van der Waals surface area contributed by atoms with Crippen LogP contribution in [0.1, 0.15) is 23.6 Å². The van der Waals surface area contributed by atoms with Crippen molar-refractivity contribution in [1.82, 2.24) is 29.8 Å². The molecule has 1 saturated heterocycles. The van der Waals surface area contributed by atoms with Gasteiger partial charge in [-0.05, 0) is 73.4 Å². The van der Waals surface area contributed by atoms with Crippen molar-refractivity contribution in [1.29, 1.82) is 0 Å². The number of benzene rings is 2. The molecule has 182 valence electrons. The zero-order chi connectivity index (χ0) is 24.6. The predicted molar refractivity (Wildman–Crippen MR) is 145 cm³/mol. The number of hydrogen-bond acceptors (Lipinski definition) is 7. The van der Waals surface area contributed by atoms with E-state index in [9.17, 15) is 0 Å². The Morgan fingerprint density at radius 2 is 1.94 bits per heavy atom. The van der Waals surface area contributed by atoms with Gasteiger partial charge in [0.2, 0.25) is 0 Å². The van der Waals surface area contributed by atoms with Crippen molar-refractivity contribution >= 4 is 39.4 Å². The van der Waals surface area contributed by atoms with Gasteiger partial charge in [-0.15, -0.1) is 0 Å². The largest absolute Gasteiger partial charge is 0.351 e. The van der Waals surface area contributed by atoms with Crippen LogP contribution in [0.4, 0.5) is 17.3 Å². The molecule has 0 amide bonds. The molecule has 3 aromatic heterocycles. The Bertz CT molecular complexity index is 1560. The molecule has 1 atom stereocenters. The molecule has 0 saturated carbocycles. The molecule has 5 aromatic rings. The lowest BCUT2D eigenvalue weighted by molar-refractivity contribution is 0.497. The molecule has 8 heteroatoms. The lowest BCUT2D eigenvalue weighted by Gasteiger charge is -2.35. The van der Waals surface area contributed by atoms with Crippen LogP contribution >= 0.6 is 0 Å². The minimum atomic E-state index is 0.387. The van der Waals surface area contributed by atoms with Gasteiger partial charge >= 0.3 is 0 Å². The summed E-state index contributed by atoms with van der Waals surface area (Å²) >= 11 is 0. The Balaban J connectivity index is 1.25. The Morgan fingerprint density at radius 1 is 1.03 bits per heavy atom. The molecule has 2 N–H and O–H groups in total. The number of pyridine rings is 1. The second-order valence-corrected chi connectivity index (χ2v) is 9.63. The van der Waals surface area contributed by atoms with E-state index < -0.39 is 0 Å². The maximum absolute atomic E-state index is 4.97. The quantitative estimate of drug-likeness (QED) is 0.388. The number of fused-ring (bicyclic) bond motifs is 2.